The molecule has 2 aromatic heterocycles. The second-order valence-corrected chi connectivity index (χ2v) is 27.2. The van der Waals surface area contributed by atoms with Crippen molar-refractivity contribution < 1.29 is 9.47 Å². The second kappa shape index (κ2) is 18.5. The maximum atomic E-state index is 7.30. The van der Waals surface area contributed by atoms with E-state index in [4.69, 9.17) is 9.47 Å². The van der Waals surface area contributed by atoms with E-state index in [1.807, 2.05) is 0 Å². The molecule has 0 saturated carbocycles. The van der Waals surface area contributed by atoms with Gasteiger partial charge in [-0.2, -0.15) is 0 Å². The van der Waals surface area contributed by atoms with Crippen LogP contribution in [-0.4, -0.2) is 32.8 Å². The Balaban J connectivity index is 0.745. The maximum Gasteiger partial charge on any atom is 0.255 e. The van der Waals surface area contributed by atoms with Crippen molar-refractivity contribution >= 4 is 196 Å². The quantitative estimate of drug-likeness (QED) is 0.1000. The molecule has 0 spiro atoms. The Morgan fingerprint density at radius 2 is 0.622 bits per heavy atom. The third kappa shape index (κ3) is 6.52. The lowest BCUT2D eigenvalue weighted by Crippen LogP contribution is -2.36. The largest absolute Gasteiger partial charge is 0.468 e. The molecule has 24 rings (SSSR count). The standard InChI is InChI=1S/C92H52N4O2/c1-3-21-55(22-4-1)93-75-49-77-83(47-69(75)91-65-31-15-29-59-57-25-11-17-51-19-13-27-61(85(51)57)67(89(59)65)45-79(91)93)97-81-35-9-7-33-73(81)95(77)71-43-39-53-38-42-64-72(44-40-54-37-41-63(71)87(53)88(54)64)96-74-34-8-10-36-82(74)98-84-48-70-76(50-78(84)96)94(56-23-5-2-6-24-56)80-46-68-62-28-14-20-52-18-12-26-58(86(52)62)60-30-16-32-66(90(60)68)92(70)80/h1-50,81-82H/q+2. The Kier molecular flexibility index (Phi) is 9.73. The number of rotatable bonds is 4. The Morgan fingerprint density at radius 3 is 1.06 bits per heavy atom. The van der Waals surface area contributed by atoms with Crippen LogP contribution in [0.1, 0.15) is 0 Å². The summed E-state index contributed by atoms with van der Waals surface area (Å²) in [6.45, 7) is 0. The van der Waals surface area contributed by atoms with Crippen molar-refractivity contribution in [3.63, 3.8) is 0 Å². The van der Waals surface area contributed by atoms with Gasteiger partial charge in [-0.05, 0) is 182 Å². The van der Waals surface area contributed by atoms with E-state index in [0.29, 0.717) is 0 Å². The number of benzene rings is 18. The monoisotopic (exact) mass is 1240 g/mol. The van der Waals surface area contributed by atoms with Crippen LogP contribution in [0.3, 0.4) is 0 Å². The van der Waals surface area contributed by atoms with Crippen LogP contribution < -0.4 is 18.6 Å². The second-order valence-electron chi connectivity index (χ2n) is 27.2. The minimum Gasteiger partial charge on any atom is -0.468 e. The summed E-state index contributed by atoms with van der Waals surface area (Å²) in [4.78, 5) is 0. The Bertz CT molecular complexity index is 6840. The molecule has 0 amide bonds. The summed E-state index contributed by atoms with van der Waals surface area (Å²) in [6.07, 6.45) is 16.8. The average Bonchev–Trinajstić information content (AvgIpc) is 1.34. The lowest BCUT2D eigenvalue weighted by Gasteiger charge is -2.25. The minimum absolute atomic E-state index is 0.322. The number of hydrogen-bond donors (Lipinski definition) is 0. The van der Waals surface area contributed by atoms with Crippen LogP contribution in [0.15, 0.2) is 303 Å². The molecule has 98 heavy (non-hydrogen) atoms. The molecule has 2 aliphatic heterocycles. The van der Waals surface area contributed by atoms with Crippen LogP contribution in [0, 0.1) is 0 Å². The fourth-order valence-electron chi connectivity index (χ4n) is 18.6. The van der Waals surface area contributed by atoms with Gasteiger partial charge in [0, 0.05) is 80.1 Å². The maximum absolute atomic E-state index is 7.30. The first-order chi connectivity index (χ1) is 48.6. The fourth-order valence-corrected chi connectivity index (χ4v) is 18.6. The summed E-state index contributed by atoms with van der Waals surface area (Å²) in [6, 6.07) is 95.9. The zero-order chi connectivity index (χ0) is 63.3. The van der Waals surface area contributed by atoms with Crippen LogP contribution >= 0.6 is 0 Å². The molecule has 4 heterocycles. The normalized spacial score (nSPS) is 16.1. The zero-order valence-electron chi connectivity index (χ0n) is 52.6. The van der Waals surface area contributed by atoms with Crippen LogP contribution in [0.25, 0.3) is 173 Å². The van der Waals surface area contributed by atoms with E-state index >= 15 is 0 Å². The van der Waals surface area contributed by atoms with Gasteiger partial charge in [0.1, 0.15) is 0 Å². The van der Waals surface area contributed by atoms with Crippen LogP contribution in [-0.2, 0) is 0 Å². The van der Waals surface area contributed by atoms with E-state index in [2.05, 4.69) is 322 Å². The van der Waals surface area contributed by atoms with Crippen molar-refractivity contribution in [1.82, 2.24) is 18.3 Å². The summed E-state index contributed by atoms with van der Waals surface area (Å²) < 4.78 is 24.6. The van der Waals surface area contributed by atoms with E-state index in [0.717, 1.165) is 89.9 Å². The van der Waals surface area contributed by atoms with Crippen LogP contribution in [0.2, 0.25) is 0 Å². The zero-order valence-corrected chi connectivity index (χ0v) is 52.6. The molecule has 20 aromatic rings. The molecule has 6 heteroatoms. The molecule has 0 N–H and O–H groups in total. The van der Waals surface area contributed by atoms with Crippen molar-refractivity contribution in [2.75, 3.05) is 0 Å². The summed E-state index contributed by atoms with van der Waals surface area (Å²) in [5, 5.41) is 32.3. The Hall–Kier alpha value is -12.9. The molecule has 0 saturated heterocycles. The van der Waals surface area contributed by atoms with Gasteiger partial charge < -0.3 is 18.6 Å². The molecule has 2 aliphatic carbocycles. The van der Waals surface area contributed by atoms with Gasteiger partial charge in [0.15, 0.2) is 11.5 Å². The molecule has 450 valence electrons. The first-order valence-corrected chi connectivity index (χ1v) is 34.0. The SMILES string of the molecule is C1=CC2=[N+](c3ccc4ccc5c([N+]6=C7C=CC=CC7Oc7cc8c9c%10cccc%11c%12cccc%13cccc(c(cc9n(-c9ccccc9)c8cc76)c%11%10)c%13%12)ccc6ccc3c4c65)c3cc4c(cc3OC2C=C1)c1c2cccc3c5cccc6cccc(c(cc1n4-c1ccccc1)c32)c65. The van der Waals surface area contributed by atoms with E-state index in [9.17, 15) is 0 Å². The topological polar surface area (TPSA) is 34.3 Å². The highest BCUT2D eigenvalue weighted by atomic mass is 16.5. The number of aromatic nitrogens is 2. The van der Waals surface area contributed by atoms with Crippen molar-refractivity contribution in [3.8, 4) is 22.9 Å². The smallest absolute Gasteiger partial charge is 0.255 e. The number of nitrogens with zero attached hydrogens (tertiary/aromatic N) is 4. The van der Waals surface area contributed by atoms with Crippen LogP contribution in [0.4, 0.5) is 22.7 Å². The molecule has 0 radical (unpaired) electrons. The van der Waals surface area contributed by atoms with Gasteiger partial charge in [-0.3, -0.25) is 0 Å². The van der Waals surface area contributed by atoms with E-state index in [1.54, 1.807) is 0 Å². The Labute approximate surface area is 559 Å². The van der Waals surface area contributed by atoms with Gasteiger partial charge >= 0.3 is 0 Å². The van der Waals surface area contributed by atoms with Gasteiger partial charge in [0.25, 0.3) is 11.4 Å². The lowest BCUT2D eigenvalue weighted by molar-refractivity contribution is 0.304. The molecule has 0 fully saturated rings. The Morgan fingerprint density at radius 1 is 0.245 bits per heavy atom. The first kappa shape index (κ1) is 51.5. The molecular weight excluding hydrogens is 1190 g/mol. The molecule has 0 bridgehead atoms. The van der Waals surface area contributed by atoms with E-state index < -0.39 is 0 Å². The molecular formula is C92H52N4O2+2. The highest BCUT2D eigenvalue weighted by molar-refractivity contribution is 6.41. The molecule has 2 unspecified atom stereocenters. The van der Waals surface area contributed by atoms with Crippen molar-refractivity contribution in [2.45, 2.75) is 12.2 Å². The number of para-hydroxylation sites is 2. The fraction of sp³-hybridized carbons (Fsp3) is 0.0217. The summed E-state index contributed by atoms with van der Waals surface area (Å²) >= 11 is 0. The van der Waals surface area contributed by atoms with Gasteiger partial charge in [0.05, 0.1) is 32.8 Å². The number of allylic oxidation sites excluding steroid dienone is 4. The van der Waals surface area contributed by atoms with Gasteiger partial charge in [0.2, 0.25) is 35.0 Å². The lowest BCUT2D eigenvalue weighted by atomic mass is 9.88. The summed E-state index contributed by atoms with van der Waals surface area (Å²) in [5.74, 6) is 1.68. The van der Waals surface area contributed by atoms with Crippen molar-refractivity contribution in [1.29, 1.82) is 0 Å². The third-order valence-corrected chi connectivity index (χ3v) is 22.5. The molecule has 6 nitrogen and oxygen atoms in total. The third-order valence-electron chi connectivity index (χ3n) is 22.5. The number of hydrogen-bond acceptors (Lipinski definition) is 2. The number of fused-ring (bicyclic) bond motifs is 16. The van der Waals surface area contributed by atoms with E-state index in [-0.39, 0.29) is 12.2 Å². The molecule has 2 atom stereocenters. The highest BCUT2D eigenvalue weighted by Gasteiger charge is 2.41. The first-order valence-electron chi connectivity index (χ1n) is 34.0. The summed E-state index contributed by atoms with van der Waals surface area (Å²) in [5.41, 5.74) is 13.1. The predicted octanol–water partition coefficient (Wildman–Crippen LogP) is 23.2. The van der Waals surface area contributed by atoms with Crippen LogP contribution in [0.5, 0.6) is 11.5 Å². The van der Waals surface area contributed by atoms with E-state index in [1.165, 1.54) is 129 Å². The predicted molar refractivity (Wildman–Crippen MR) is 412 cm³/mol. The van der Waals surface area contributed by atoms with Gasteiger partial charge in [-0.25, -0.2) is 0 Å². The van der Waals surface area contributed by atoms with Crippen molar-refractivity contribution in [2.24, 2.45) is 0 Å². The van der Waals surface area contributed by atoms with Gasteiger partial charge in [-0.15, -0.1) is 9.15 Å². The highest BCUT2D eigenvalue weighted by Crippen LogP contribution is 2.54. The molecule has 18 aromatic carbocycles. The van der Waals surface area contributed by atoms with Crippen molar-refractivity contribution in [3.05, 3.63) is 303 Å². The number of ether oxygens (including phenoxy) is 2. The minimum atomic E-state index is -0.322. The molecule has 4 aliphatic rings. The summed E-state index contributed by atoms with van der Waals surface area (Å²) in [7, 11) is 0. The van der Waals surface area contributed by atoms with Gasteiger partial charge in [-0.1, -0.05) is 182 Å². The average molecular weight is 1250 g/mol.